The molecule has 3 rings (SSSR count). The summed E-state index contributed by atoms with van der Waals surface area (Å²) >= 11 is 1.40. The van der Waals surface area contributed by atoms with E-state index in [1.165, 1.54) is 23.8 Å². The number of nitrogens with zero attached hydrogens (tertiary/aromatic N) is 3. The molecule has 35 heavy (non-hydrogen) atoms. The third-order valence-corrected chi connectivity index (χ3v) is 6.33. The zero-order chi connectivity index (χ0) is 25.4. The Balaban J connectivity index is 1.99. The molecule has 1 aromatic carbocycles. The van der Waals surface area contributed by atoms with Gasteiger partial charge in [-0.2, -0.15) is 4.99 Å². The predicted octanol–water partition coefficient (Wildman–Crippen LogP) is 3.71. The summed E-state index contributed by atoms with van der Waals surface area (Å²) < 4.78 is 2.03. The number of amides is 2. The van der Waals surface area contributed by atoms with Crippen LogP contribution < -0.4 is 15.4 Å². The summed E-state index contributed by atoms with van der Waals surface area (Å²) in [4.78, 5) is 33.9. The molecule has 0 saturated heterocycles. The van der Waals surface area contributed by atoms with Crippen molar-refractivity contribution in [2.75, 3.05) is 25.0 Å². The number of aromatic nitrogens is 2. The molecular weight excluding hydrogens is 462 g/mol. The van der Waals surface area contributed by atoms with E-state index in [1.807, 2.05) is 16.9 Å². The van der Waals surface area contributed by atoms with Gasteiger partial charge in [0.1, 0.15) is 5.82 Å². The third-order valence-electron chi connectivity index (χ3n) is 5.47. The molecule has 0 saturated carbocycles. The fraction of sp³-hybridized carbons (Fsp3) is 0.385. The Hall–Kier alpha value is -3.30. The van der Waals surface area contributed by atoms with E-state index in [2.05, 4.69) is 58.7 Å². The van der Waals surface area contributed by atoms with E-state index < -0.39 is 5.91 Å². The van der Waals surface area contributed by atoms with Crippen LogP contribution in [0, 0.1) is 6.92 Å². The quantitative estimate of drug-likeness (QED) is 0.372. The maximum Gasteiger partial charge on any atom is 0.283 e. The van der Waals surface area contributed by atoms with Gasteiger partial charge in [0.05, 0.1) is 17.9 Å². The van der Waals surface area contributed by atoms with Gasteiger partial charge in [-0.25, -0.2) is 4.98 Å². The number of carbonyl (C=O) groups is 2. The molecule has 186 valence electrons. The van der Waals surface area contributed by atoms with Crippen LogP contribution in [0.2, 0.25) is 0 Å². The molecule has 9 heteroatoms. The Labute approximate surface area is 209 Å². The van der Waals surface area contributed by atoms with Crippen LogP contribution in [0.1, 0.15) is 54.7 Å². The van der Waals surface area contributed by atoms with Crippen LogP contribution >= 0.6 is 11.3 Å². The Kier molecular flexibility index (Phi) is 9.33. The van der Waals surface area contributed by atoms with E-state index >= 15 is 0 Å². The van der Waals surface area contributed by atoms with Crippen LogP contribution in [0.4, 0.5) is 5.82 Å². The molecule has 2 amide bonds. The fourth-order valence-corrected chi connectivity index (χ4v) is 4.52. The van der Waals surface area contributed by atoms with Gasteiger partial charge in [0.2, 0.25) is 5.91 Å². The molecule has 0 bridgehead atoms. The molecule has 0 spiro atoms. The molecule has 0 atom stereocenters. The van der Waals surface area contributed by atoms with E-state index in [4.69, 9.17) is 5.11 Å². The van der Waals surface area contributed by atoms with E-state index in [0.717, 1.165) is 17.0 Å². The predicted molar refractivity (Wildman–Crippen MR) is 140 cm³/mol. The molecule has 2 heterocycles. The number of rotatable bonds is 10. The van der Waals surface area contributed by atoms with Crippen molar-refractivity contribution in [3.8, 4) is 11.3 Å². The molecule has 0 radical (unpaired) electrons. The van der Waals surface area contributed by atoms with Crippen LogP contribution in [0.5, 0.6) is 0 Å². The minimum absolute atomic E-state index is 0.0697. The van der Waals surface area contributed by atoms with Gasteiger partial charge in [-0.05, 0) is 42.5 Å². The number of hydrogen-bond acceptors (Lipinski definition) is 6. The van der Waals surface area contributed by atoms with Crippen molar-refractivity contribution in [3.05, 3.63) is 63.4 Å². The molecule has 3 N–H and O–H groups in total. The number of aliphatic hydroxyl groups excluding tert-OH is 1. The zero-order valence-electron chi connectivity index (χ0n) is 20.7. The normalized spacial score (nSPS) is 11.7. The number of aliphatic hydroxyl groups is 1. The lowest BCUT2D eigenvalue weighted by molar-refractivity contribution is -0.118. The lowest BCUT2D eigenvalue weighted by Gasteiger charge is -2.11. The number of thiazole rings is 1. The average Bonchev–Trinajstić information content (AvgIpc) is 3.22. The Morgan fingerprint density at radius 1 is 1.14 bits per heavy atom. The number of anilines is 1. The lowest BCUT2D eigenvalue weighted by Crippen LogP contribution is -2.24. The maximum absolute atomic E-state index is 13.2. The largest absolute Gasteiger partial charge is 0.395 e. The van der Waals surface area contributed by atoms with Crippen LogP contribution in [-0.4, -0.2) is 46.2 Å². The van der Waals surface area contributed by atoms with Gasteiger partial charge in [-0.3, -0.25) is 9.59 Å². The second-order valence-electron chi connectivity index (χ2n) is 8.58. The van der Waals surface area contributed by atoms with Crippen LogP contribution in [0.15, 0.2) is 46.8 Å². The highest BCUT2D eigenvalue weighted by Gasteiger charge is 2.15. The number of hydrogen-bond donors (Lipinski definition) is 3. The summed E-state index contributed by atoms with van der Waals surface area (Å²) in [6.45, 7) is 9.01. The summed E-state index contributed by atoms with van der Waals surface area (Å²) in [5.41, 5.74) is 4.39. The first-order chi connectivity index (χ1) is 16.8. The summed E-state index contributed by atoms with van der Waals surface area (Å²) in [5, 5.41) is 17.0. The Bertz CT molecular complexity index is 1230. The number of carbonyl (C=O) groups excluding carboxylic acids is 2. The second-order valence-corrected chi connectivity index (χ2v) is 9.42. The highest BCUT2D eigenvalue weighted by Crippen LogP contribution is 2.24. The molecule has 3 aromatic rings. The number of nitrogens with one attached hydrogen (secondary N) is 2. The van der Waals surface area contributed by atoms with Crippen molar-refractivity contribution in [2.24, 2.45) is 4.99 Å². The first-order valence-corrected chi connectivity index (χ1v) is 12.6. The summed E-state index contributed by atoms with van der Waals surface area (Å²) in [7, 11) is 0. The first kappa shape index (κ1) is 26.3. The van der Waals surface area contributed by atoms with Gasteiger partial charge >= 0.3 is 0 Å². The smallest absolute Gasteiger partial charge is 0.283 e. The van der Waals surface area contributed by atoms with Gasteiger partial charge < -0.3 is 20.3 Å². The van der Waals surface area contributed by atoms with Crippen LogP contribution in [-0.2, 0) is 11.3 Å². The van der Waals surface area contributed by atoms with E-state index in [0.29, 0.717) is 41.6 Å². The number of pyridine rings is 1. The fourth-order valence-electron chi connectivity index (χ4n) is 3.59. The first-order valence-electron chi connectivity index (χ1n) is 11.7. The van der Waals surface area contributed by atoms with Crippen molar-refractivity contribution in [3.63, 3.8) is 0 Å². The molecule has 0 unspecified atom stereocenters. The van der Waals surface area contributed by atoms with E-state index in [1.54, 1.807) is 12.1 Å². The summed E-state index contributed by atoms with van der Waals surface area (Å²) in [6.07, 6.45) is 0.699. The second kappa shape index (κ2) is 12.4. The van der Waals surface area contributed by atoms with Crippen molar-refractivity contribution in [1.82, 2.24) is 14.9 Å². The summed E-state index contributed by atoms with van der Waals surface area (Å²) in [5.74, 6) is 0.374. The molecule has 0 aliphatic carbocycles. The van der Waals surface area contributed by atoms with Crippen molar-refractivity contribution in [2.45, 2.75) is 46.6 Å². The molecule has 0 aliphatic heterocycles. The van der Waals surface area contributed by atoms with Gasteiger partial charge in [-0.1, -0.05) is 38.1 Å². The summed E-state index contributed by atoms with van der Waals surface area (Å²) in [6, 6.07) is 11.9. The SMILES string of the molecule is CC(=O)NCCCn1c(-c2ccc(C(C)C)cc2)csc1=NC(=O)c1ccc(C)nc1NCCO. The molecular formula is C26H33N5O3S. The van der Waals surface area contributed by atoms with Gasteiger partial charge in [0, 0.05) is 37.6 Å². The molecule has 2 aromatic heterocycles. The standard InChI is InChI=1S/C26H33N5O3S/c1-17(2)20-7-9-21(10-8-20)23-16-35-26(31(23)14-5-12-27-19(4)33)30-25(34)22-11-6-18(3)29-24(22)28-13-15-32/h6-11,16-17,32H,5,12-15H2,1-4H3,(H,27,33)(H,28,29). The third kappa shape index (κ3) is 7.10. The minimum Gasteiger partial charge on any atom is -0.395 e. The van der Waals surface area contributed by atoms with Crippen molar-refractivity contribution >= 4 is 29.0 Å². The maximum atomic E-state index is 13.2. The topological polar surface area (TPSA) is 109 Å². The monoisotopic (exact) mass is 495 g/mol. The van der Waals surface area contributed by atoms with Gasteiger partial charge in [-0.15, -0.1) is 11.3 Å². The minimum atomic E-state index is -0.405. The van der Waals surface area contributed by atoms with Crippen LogP contribution in [0.25, 0.3) is 11.3 Å². The zero-order valence-corrected chi connectivity index (χ0v) is 21.5. The average molecular weight is 496 g/mol. The van der Waals surface area contributed by atoms with Crippen molar-refractivity contribution in [1.29, 1.82) is 0 Å². The van der Waals surface area contributed by atoms with Crippen LogP contribution in [0.3, 0.4) is 0 Å². The molecule has 8 nitrogen and oxygen atoms in total. The molecule has 0 fully saturated rings. The Morgan fingerprint density at radius 2 is 1.89 bits per heavy atom. The van der Waals surface area contributed by atoms with Gasteiger partial charge in [0.25, 0.3) is 5.91 Å². The number of aryl methyl sites for hydroxylation is 1. The van der Waals surface area contributed by atoms with E-state index in [9.17, 15) is 9.59 Å². The van der Waals surface area contributed by atoms with Gasteiger partial charge in [0.15, 0.2) is 4.80 Å². The van der Waals surface area contributed by atoms with Crippen molar-refractivity contribution < 1.29 is 14.7 Å². The molecule has 0 aliphatic rings. The van der Waals surface area contributed by atoms with E-state index in [-0.39, 0.29) is 19.1 Å². The Morgan fingerprint density at radius 3 is 2.54 bits per heavy atom. The lowest BCUT2D eigenvalue weighted by atomic mass is 10.0. The highest BCUT2D eigenvalue weighted by atomic mass is 32.1. The highest BCUT2D eigenvalue weighted by molar-refractivity contribution is 7.07. The number of benzene rings is 1.